The fourth-order valence-electron chi connectivity index (χ4n) is 12.3. The van der Waals surface area contributed by atoms with E-state index in [9.17, 15) is 67.4 Å². The van der Waals surface area contributed by atoms with Crippen molar-refractivity contribution >= 4 is 94.6 Å². The van der Waals surface area contributed by atoms with Gasteiger partial charge in [-0.15, -0.1) is 0 Å². The Labute approximate surface area is 676 Å². The summed E-state index contributed by atoms with van der Waals surface area (Å²) in [6.07, 6.45) is 6.28. The fraction of sp³-hybridized carbons (Fsp3) is 0.701. The number of nitrogens with two attached hydrogens (primary N) is 7. The number of hydrogen-bond donors (Lipinski definition) is 21. The molecule has 12 unspecified atom stereocenters. The van der Waals surface area contributed by atoms with Gasteiger partial charge in [0, 0.05) is 19.3 Å². The second-order valence-corrected chi connectivity index (χ2v) is 32.1. The molecule has 0 spiro atoms. The number of hydrogen-bond acceptors (Lipinski definition) is 20. The first kappa shape index (κ1) is 101. The zero-order valence-electron chi connectivity index (χ0n) is 69.6. The highest BCUT2D eigenvalue weighted by Gasteiger charge is 2.43. The molecule has 2 heterocycles. The standard InChI is InChI=1S/C77H135N23O15/c1-44(2)39-54-65(108)94-57(42-47(7)8)68(111)99-76(12,70(80)113)32-20-15-14-16-21-33-77(13,100-69(112)58(43-101)95-59(102)48(9)88-60(103)49-27-19-24-36-85-49)72(115)97-55(40-45(3)4)66(109)91-51(30-25-37-86-73(81)82)61(104)89-50(28-17-22-34-78)62(105)93-56(41-46(5)6)67(110)98-75(10,11)71(114)96-53(29-18-23-35-79)64(107)90-52(63(106)92-54)31-26-38-87-74(83)84/h14-15,19,24,27,36,44-48,50-58,101H,16-18,20-23,25-26,28-35,37-43,78-79H2,1-13H3,(H2,80,113)(H,88,103)(H,89,104)(H,90,107)(H,91,109)(H,92,106)(H,93,105)(H,94,108)(H,95,102)(H,96,114)(H,97,115)(H,98,110)(H,99,111)(H,100,112)(H4,81,82,86)(H4,83,84,87). The maximum absolute atomic E-state index is 15.1. The zero-order chi connectivity index (χ0) is 86.9. The Morgan fingerprint density at radius 2 is 0.878 bits per heavy atom. The lowest BCUT2D eigenvalue weighted by atomic mass is 9.91. The van der Waals surface area contributed by atoms with Gasteiger partial charge >= 0.3 is 0 Å². The third-order valence-electron chi connectivity index (χ3n) is 19.0. The molecule has 115 heavy (non-hydrogen) atoms. The minimum atomic E-state index is -1.97. The van der Waals surface area contributed by atoms with Gasteiger partial charge in [-0.05, 0) is 206 Å². The molecule has 0 saturated heterocycles. The Kier molecular flexibility index (Phi) is 44.8. The average Bonchev–Trinajstić information content (AvgIpc) is 0.804. The summed E-state index contributed by atoms with van der Waals surface area (Å²) < 4.78 is 0. The topological polar surface area (TPSA) is 635 Å². The second kappa shape index (κ2) is 51.0. The number of aromatic nitrogens is 1. The van der Waals surface area contributed by atoms with Crippen molar-refractivity contribution in [1.82, 2.24) is 74.1 Å². The molecule has 0 radical (unpaired) electrons. The first-order valence-electron chi connectivity index (χ1n) is 39.9. The molecule has 0 bridgehead atoms. The maximum atomic E-state index is 15.1. The van der Waals surface area contributed by atoms with Crippen LogP contribution in [0.5, 0.6) is 0 Å². The fourth-order valence-corrected chi connectivity index (χ4v) is 12.3. The van der Waals surface area contributed by atoms with Crippen molar-refractivity contribution in [2.75, 3.05) is 32.8 Å². The highest BCUT2D eigenvalue weighted by molar-refractivity contribution is 6.02. The van der Waals surface area contributed by atoms with Gasteiger partial charge in [-0.1, -0.05) is 73.6 Å². The summed E-state index contributed by atoms with van der Waals surface area (Å²) in [5.74, 6) is -13.6. The minimum Gasteiger partial charge on any atom is -0.394 e. The highest BCUT2D eigenvalue weighted by atomic mass is 16.3. The van der Waals surface area contributed by atoms with Gasteiger partial charge in [0.15, 0.2) is 11.9 Å². The molecule has 0 aliphatic carbocycles. The summed E-state index contributed by atoms with van der Waals surface area (Å²) in [6, 6.07) is -9.48. The van der Waals surface area contributed by atoms with Crippen LogP contribution in [0.2, 0.25) is 0 Å². The van der Waals surface area contributed by atoms with Gasteiger partial charge in [-0.25, -0.2) is 0 Å². The van der Waals surface area contributed by atoms with Crippen LogP contribution in [0.15, 0.2) is 46.5 Å². The van der Waals surface area contributed by atoms with Crippen molar-refractivity contribution in [3.63, 3.8) is 0 Å². The smallest absolute Gasteiger partial charge is 0.270 e. The first-order valence-corrected chi connectivity index (χ1v) is 39.9. The number of aliphatic hydroxyl groups excluding tert-OH is 1. The van der Waals surface area contributed by atoms with Crippen molar-refractivity contribution in [3.8, 4) is 0 Å². The van der Waals surface area contributed by atoms with Crippen LogP contribution in [0, 0.1) is 23.7 Å². The lowest BCUT2D eigenvalue weighted by molar-refractivity contribution is -0.138. The maximum Gasteiger partial charge on any atom is 0.270 e. The molecular weight excluding hydrogens is 1490 g/mol. The predicted molar refractivity (Wildman–Crippen MR) is 436 cm³/mol. The average molecular weight is 1620 g/mol. The first-order chi connectivity index (χ1) is 53.9. The minimum absolute atomic E-state index is 0.00173. The number of nitrogens with zero attached hydrogens (tertiary/aromatic N) is 3. The molecule has 1 aliphatic heterocycles. The number of rotatable bonds is 32. The van der Waals surface area contributed by atoms with Crippen molar-refractivity contribution in [3.05, 3.63) is 42.2 Å². The lowest BCUT2D eigenvalue weighted by Gasteiger charge is -2.34. The monoisotopic (exact) mass is 1620 g/mol. The van der Waals surface area contributed by atoms with Crippen LogP contribution < -0.4 is 109 Å². The summed E-state index contributed by atoms with van der Waals surface area (Å²) in [5.41, 5.74) is 34.8. The van der Waals surface area contributed by atoms with E-state index in [4.69, 9.17) is 40.1 Å². The number of carbonyl (C=O) groups is 14. The van der Waals surface area contributed by atoms with Gasteiger partial charge < -0.3 is 114 Å². The highest BCUT2D eigenvalue weighted by Crippen LogP contribution is 2.22. The third kappa shape index (κ3) is 37.8. The number of aliphatic imine (C=N–C) groups is 2. The summed E-state index contributed by atoms with van der Waals surface area (Å²) in [4.78, 5) is 214. The van der Waals surface area contributed by atoms with E-state index in [1.54, 1.807) is 79.7 Å². The van der Waals surface area contributed by atoms with E-state index >= 15 is 4.79 Å². The van der Waals surface area contributed by atoms with Crippen molar-refractivity contribution in [2.45, 2.75) is 289 Å². The van der Waals surface area contributed by atoms with Gasteiger partial charge in [-0.3, -0.25) is 82.1 Å². The number of aliphatic hydroxyl groups is 1. The zero-order valence-corrected chi connectivity index (χ0v) is 69.6. The number of unbranched alkanes of at least 4 members (excludes halogenated alkanes) is 2. The van der Waals surface area contributed by atoms with E-state index in [1.807, 2.05) is 0 Å². The second-order valence-electron chi connectivity index (χ2n) is 32.1. The summed E-state index contributed by atoms with van der Waals surface area (Å²) in [7, 11) is 0. The van der Waals surface area contributed by atoms with E-state index < -0.39 is 166 Å². The van der Waals surface area contributed by atoms with Gasteiger partial charge in [0.2, 0.25) is 76.8 Å². The van der Waals surface area contributed by atoms with Crippen LogP contribution in [-0.2, 0) is 62.3 Å². The SMILES string of the molecule is CC(C)CC1NC(=O)C(CCCN=C(N)N)NC(=O)C(CCCCN)NC(=O)C(C)(C)NC(=O)C(CC(C)C)NC(=O)C(CCCCN)NC(=O)C(CCCN=C(N)N)NC(=O)C(CC(C)C)NC(=O)C(C)(NC(=O)C(CO)NC(=O)C(C)NC(=O)c2ccccn2)CCCC=CCCC(C)(C(N)=O)NC(=O)C(CC(C)C)NC1=O. The molecule has 14 amide bonds. The normalized spacial score (nSPS) is 23.9. The molecular formula is C77H135N23O15. The number of allylic oxidation sites excluding steroid dienone is 2. The van der Waals surface area contributed by atoms with E-state index in [0.29, 0.717) is 19.3 Å². The van der Waals surface area contributed by atoms with Crippen LogP contribution in [0.4, 0.5) is 0 Å². The molecule has 648 valence electrons. The summed E-state index contributed by atoms with van der Waals surface area (Å²) in [5, 5.41) is 45.7. The largest absolute Gasteiger partial charge is 0.394 e. The van der Waals surface area contributed by atoms with Crippen LogP contribution in [0.3, 0.4) is 0 Å². The molecule has 0 fully saturated rings. The van der Waals surface area contributed by atoms with Gasteiger partial charge in [0.1, 0.15) is 82.7 Å². The molecule has 2 rings (SSSR count). The van der Waals surface area contributed by atoms with Crippen molar-refractivity contribution < 1.29 is 72.2 Å². The summed E-state index contributed by atoms with van der Waals surface area (Å²) >= 11 is 0. The number of nitrogens with one attached hydrogen (secondary N) is 13. The van der Waals surface area contributed by atoms with E-state index in [2.05, 4.69) is 84.1 Å². The number of primary amides is 1. The van der Waals surface area contributed by atoms with Crippen molar-refractivity contribution in [2.24, 2.45) is 73.8 Å². The Hall–Kier alpha value is -10.1. The quantitative estimate of drug-likeness (QED) is 0.0157. The molecule has 0 aromatic carbocycles. The van der Waals surface area contributed by atoms with E-state index in [1.165, 1.54) is 46.9 Å². The molecule has 1 aromatic heterocycles. The molecule has 1 aromatic rings. The Balaban J connectivity index is 3.02. The molecule has 12 atom stereocenters. The van der Waals surface area contributed by atoms with Crippen LogP contribution in [0.1, 0.15) is 222 Å². The van der Waals surface area contributed by atoms with Crippen LogP contribution in [-0.4, -0.2) is 215 Å². The van der Waals surface area contributed by atoms with E-state index in [-0.39, 0.29) is 170 Å². The molecule has 28 N–H and O–H groups in total. The molecule has 38 nitrogen and oxygen atoms in total. The molecule has 1 aliphatic rings. The number of pyridine rings is 1. The van der Waals surface area contributed by atoms with Gasteiger partial charge in [0.25, 0.3) is 5.91 Å². The van der Waals surface area contributed by atoms with Crippen LogP contribution >= 0.6 is 0 Å². The van der Waals surface area contributed by atoms with Gasteiger partial charge in [0.05, 0.1) is 6.61 Å². The number of carbonyl (C=O) groups excluding carboxylic acids is 14. The third-order valence-corrected chi connectivity index (χ3v) is 19.0. The Bertz CT molecular complexity index is 3460. The molecule has 38 heteroatoms. The van der Waals surface area contributed by atoms with E-state index in [0.717, 1.165) is 0 Å². The number of amides is 14. The predicted octanol–water partition coefficient (Wildman–Crippen LogP) is -2.24. The lowest BCUT2D eigenvalue weighted by Crippen LogP contribution is -2.64. The van der Waals surface area contributed by atoms with Crippen LogP contribution in [0.25, 0.3) is 0 Å². The van der Waals surface area contributed by atoms with Gasteiger partial charge in [-0.2, -0.15) is 0 Å². The van der Waals surface area contributed by atoms with Crippen molar-refractivity contribution in [1.29, 1.82) is 0 Å². The number of guanidine groups is 2. The Morgan fingerprint density at radius 3 is 1.29 bits per heavy atom. The Morgan fingerprint density at radius 1 is 0.487 bits per heavy atom. The molecule has 0 saturated carbocycles. The summed E-state index contributed by atoms with van der Waals surface area (Å²) in [6.45, 7) is 20.6.